The van der Waals surface area contributed by atoms with Crippen LogP contribution < -0.4 is 21.9 Å². The predicted octanol–water partition coefficient (Wildman–Crippen LogP) is 13.6. The number of nitrogens with two attached hydrogens (primary N) is 2. The van der Waals surface area contributed by atoms with Gasteiger partial charge in [-0.05, 0) is 96.5 Å². The molecule has 0 unspecified atom stereocenters. The first-order valence-corrected chi connectivity index (χ1v) is 18.8. The lowest BCUT2D eigenvalue weighted by Gasteiger charge is -2.19. The Hall–Kier alpha value is -6.46. The van der Waals surface area contributed by atoms with Crippen LogP contribution in [0.15, 0.2) is 233 Å². The Morgan fingerprint density at radius 3 is 1.91 bits per heavy atom. The van der Waals surface area contributed by atoms with Gasteiger partial charge in [-0.1, -0.05) is 186 Å². The number of para-hydroxylation sites is 1. The normalized spacial score (nSPS) is 11.1. The van der Waals surface area contributed by atoms with Gasteiger partial charge < -0.3 is 10.2 Å². The Labute approximate surface area is 338 Å². The quantitative estimate of drug-likeness (QED) is 0.0572. The zero-order valence-electron chi connectivity index (χ0n) is 33.9. The second-order valence-corrected chi connectivity index (χ2v) is 11.9. The van der Waals surface area contributed by atoms with Crippen LogP contribution in [0.3, 0.4) is 0 Å². The van der Waals surface area contributed by atoms with Crippen molar-refractivity contribution in [1.82, 2.24) is 0 Å². The van der Waals surface area contributed by atoms with Crippen LogP contribution in [0.4, 0.5) is 11.4 Å². The summed E-state index contributed by atoms with van der Waals surface area (Å²) in [5, 5.41) is 3.41. The monoisotopic (exact) mass is 742 g/mol. The molecule has 290 valence electrons. The van der Waals surface area contributed by atoms with Crippen molar-refractivity contribution in [1.29, 1.82) is 0 Å². The third-order valence-corrected chi connectivity index (χ3v) is 7.94. The van der Waals surface area contributed by atoms with Crippen LogP contribution >= 0.6 is 0 Å². The summed E-state index contributed by atoms with van der Waals surface area (Å²) < 4.78 is 0. The van der Waals surface area contributed by atoms with E-state index in [4.69, 9.17) is 0 Å². The van der Waals surface area contributed by atoms with E-state index >= 15 is 0 Å². The highest BCUT2D eigenvalue weighted by molar-refractivity contribution is 5.84. The van der Waals surface area contributed by atoms with E-state index in [1.807, 2.05) is 110 Å². The Balaban J connectivity index is 0.00000125. The van der Waals surface area contributed by atoms with Gasteiger partial charge in [0.1, 0.15) is 0 Å². The van der Waals surface area contributed by atoms with Crippen molar-refractivity contribution in [2.45, 2.75) is 40.5 Å². The first-order valence-electron chi connectivity index (χ1n) is 18.8. The van der Waals surface area contributed by atoms with Crippen molar-refractivity contribution >= 4 is 22.5 Å². The third-order valence-electron chi connectivity index (χ3n) is 7.94. The average molecular weight is 743 g/mol. The zero-order valence-corrected chi connectivity index (χ0v) is 33.9. The molecule has 0 saturated heterocycles. The maximum absolute atomic E-state index is 4.41. The fourth-order valence-corrected chi connectivity index (χ4v) is 5.06. The maximum atomic E-state index is 4.41. The fraction of sp³-hybridized carbons (Fsp3) is 0.115. The molecule has 4 aromatic rings. The van der Waals surface area contributed by atoms with Gasteiger partial charge in [-0.2, -0.15) is 0 Å². The number of benzene rings is 4. The van der Waals surface area contributed by atoms with Gasteiger partial charge in [-0.25, -0.2) is 0 Å². The highest BCUT2D eigenvalue weighted by atomic mass is 15.1. The number of nitrogens with zero attached hydrogens (tertiary/aromatic N) is 1. The van der Waals surface area contributed by atoms with Crippen LogP contribution in [0.1, 0.15) is 49.4 Å². The molecule has 4 aromatic carbocycles. The number of rotatable bonds is 17. The molecule has 0 saturated carbocycles. The second-order valence-electron chi connectivity index (χ2n) is 11.9. The summed E-state index contributed by atoms with van der Waals surface area (Å²) in [5.74, 6) is 8.00. The van der Waals surface area contributed by atoms with Gasteiger partial charge in [-0.3, -0.25) is 11.7 Å². The minimum Gasteiger partial charge on any atom is -0.362 e. The van der Waals surface area contributed by atoms with Gasteiger partial charge >= 0.3 is 0 Å². The van der Waals surface area contributed by atoms with Crippen molar-refractivity contribution in [3.05, 3.63) is 255 Å². The molecule has 0 aliphatic carbocycles. The first-order chi connectivity index (χ1) is 27.4. The van der Waals surface area contributed by atoms with Gasteiger partial charge in [0.25, 0.3) is 0 Å². The molecular formula is C52H62N4. The Kier molecular flexibility index (Phi) is 25.4. The number of nitrogens with one attached hydrogen (secondary N) is 1. The summed E-state index contributed by atoms with van der Waals surface area (Å²) >= 11 is 0. The van der Waals surface area contributed by atoms with E-state index in [0.717, 1.165) is 57.6 Å². The smallest absolute Gasteiger partial charge is 0.0527 e. The van der Waals surface area contributed by atoms with Crippen LogP contribution in [0.25, 0.3) is 11.1 Å². The van der Waals surface area contributed by atoms with Crippen LogP contribution in [-0.2, 0) is 6.42 Å². The highest BCUT2D eigenvalue weighted by Crippen LogP contribution is 2.30. The van der Waals surface area contributed by atoms with E-state index in [2.05, 4.69) is 149 Å². The summed E-state index contributed by atoms with van der Waals surface area (Å²) in [4.78, 5) is 1.98. The number of allylic oxidation sites excluding steroid dienone is 14. The summed E-state index contributed by atoms with van der Waals surface area (Å²) in [6.45, 7) is 28.4. The molecule has 4 rings (SSSR count). The third kappa shape index (κ3) is 18.5. The zero-order chi connectivity index (χ0) is 41.4. The van der Waals surface area contributed by atoms with Crippen LogP contribution in [-0.4, -0.2) is 0 Å². The van der Waals surface area contributed by atoms with Crippen molar-refractivity contribution < 1.29 is 0 Å². The van der Waals surface area contributed by atoms with E-state index in [9.17, 15) is 0 Å². The lowest BCUT2D eigenvalue weighted by Crippen LogP contribution is -2.08. The molecular weight excluding hydrogens is 681 g/mol. The molecule has 4 heteroatoms. The van der Waals surface area contributed by atoms with E-state index in [1.165, 1.54) is 11.1 Å². The molecule has 0 atom stereocenters. The Morgan fingerprint density at radius 1 is 0.714 bits per heavy atom. The first kappa shape index (κ1) is 47.6. The van der Waals surface area contributed by atoms with E-state index in [1.54, 1.807) is 12.3 Å². The molecule has 0 bridgehead atoms. The lowest BCUT2D eigenvalue weighted by atomic mass is 9.97. The summed E-state index contributed by atoms with van der Waals surface area (Å²) in [7, 11) is 0. The van der Waals surface area contributed by atoms with Gasteiger partial charge in [0.2, 0.25) is 0 Å². The molecule has 5 N–H and O–H groups in total. The number of hydrogen-bond donors (Lipinski definition) is 3. The van der Waals surface area contributed by atoms with Gasteiger partial charge in [0.15, 0.2) is 0 Å². The van der Waals surface area contributed by atoms with Gasteiger partial charge in [0, 0.05) is 29.9 Å². The molecule has 4 nitrogen and oxygen atoms in total. The predicted molar refractivity (Wildman–Crippen MR) is 252 cm³/mol. The molecule has 0 spiro atoms. The Bertz CT molecular complexity index is 1940. The average Bonchev–Trinajstić information content (AvgIpc) is 3.25. The second kappa shape index (κ2) is 29.9. The van der Waals surface area contributed by atoms with Gasteiger partial charge in [-0.15, -0.1) is 0 Å². The number of aryl methyl sites for hydroxylation is 2. The molecule has 0 aliphatic rings. The van der Waals surface area contributed by atoms with Gasteiger partial charge in [0.05, 0.1) is 5.69 Å². The van der Waals surface area contributed by atoms with E-state index < -0.39 is 0 Å². The SMILES string of the molecule is C=C/C=C\C=C/N(C=C)c1ccccc1C(=C)/C=C(\C)C(=C)/C=C(\C=C/Nc1ccc(CC/C=C\C=C)cc1)c1ccccc1.CC.Cc1ccccc1.NN. The molecule has 0 radical (unpaired) electrons. The number of anilines is 2. The van der Waals surface area contributed by atoms with Crippen LogP contribution in [0, 0.1) is 6.92 Å². The fourth-order valence-electron chi connectivity index (χ4n) is 5.06. The number of hydrazine groups is 1. The van der Waals surface area contributed by atoms with Crippen molar-refractivity contribution in [2.24, 2.45) is 11.7 Å². The minimum atomic E-state index is 0.887. The highest BCUT2D eigenvalue weighted by Gasteiger charge is 2.09. The topological polar surface area (TPSA) is 67.3 Å². The number of hydrogen-bond acceptors (Lipinski definition) is 4. The standard InChI is InChI=1S/C43H44N2.C7H8.C2H6.H4N2/c1-7-10-12-15-21-38-26-28-41(29-27-38)44-31-30-40(39-22-16-14-17-23-39)34-36(5)35(4)33-37(6)42-24-18-19-25-43(42)45(9-3)32-20-13-11-8-2;1-7-5-3-2-4-6-7;2*1-2/h7-14,16-20,22-34,44H,1-3,5-6,15,21H2,4H3;2-6H,1H3;1-2H3;1-2H2/b12-10-,13-11-,31-30-,32-20-,35-33+,40-34+;;;. The molecule has 0 heterocycles. The molecule has 0 aliphatic heterocycles. The van der Waals surface area contributed by atoms with Crippen molar-refractivity contribution in [2.75, 3.05) is 10.2 Å². The summed E-state index contributed by atoms with van der Waals surface area (Å²) in [6, 6.07) is 37.3. The lowest BCUT2D eigenvalue weighted by molar-refractivity contribution is 1.00. The molecule has 0 aromatic heterocycles. The van der Waals surface area contributed by atoms with Crippen molar-refractivity contribution in [3.63, 3.8) is 0 Å². The Morgan fingerprint density at radius 2 is 1.32 bits per heavy atom. The molecule has 56 heavy (non-hydrogen) atoms. The summed E-state index contributed by atoms with van der Waals surface area (Å²) in [6.07, 6.45) is 27.4. The summed E-state index contributed by atoms with van der Waals surface area (Å²) in [5.41, 5.74) is 10.6. The molecule has 0 amide bonds. The van der Waals surface area contributed by atoms with Crippen molar-refractivity contribution in [3.8, 4) is 0 Å². The minimum absolute atomic E-state index is 0.887. The molecule has 0 fully saturated rings. The largest absolute Gasteiger partial charge is 0.362 e. The van der Waals surface area contributed by atoms with Crippen LogP contribution in [0.5, 0.6) is 0 Å². The van der Waals surface area contributed by atoms with E-state index in [0.29, 0.717) is 0 Å². The maximum Gasteiger partial charge on any atom is 0.0527 e. The van der Waals surface area contributed by atoms with E-state index in [-0.39, 0.29) is 0 Å². The van der Waals surface area contributed by atoms with Crippen LogP contribution in [0.2, 0.25) is 0 Å².